The summed E-state index contributed by atoms with van der Waals surface area (Å²) in [5.74, 6) is -0.290. The third-order valence-corrected chi connectivity index (χ3v) is 7.77. The molecule has 2 atom stereocenters. The van der Waals surface area contributed by atoms with Crippen molar-refractivity contribution in [2.24, 2.45) is 0 Å². The molecule has 0 unspecified atom stereocenters. The van der Waals surface area contributed by atoms with Gasteiger partial charge >= 0.3 is 0 Å². The first-order valence-corrected chi connectivity index (χ1v) is 12.5. The molecule has 7 heteroatoms. The number of fused-ring (bicyclic) bond motifs is 3. The van der Waals surface area contributed by atoms with Crippen molar-refractivity contribution in [3.05, 3.63) is 60.0 Å². The monoisotopic (exact) mass is 464 g/mol. The molecule has 2 aromatic carbocycles. The molecular formula is C26H29FN4OS. The van der Waals surface area contributed by atoms with Crippen LogP contribution in [0.3, 0.4) is 0 Å². The van der Waals surface area contributed by atoms with E-state index in [1.807, 2.05) is 28.8 Å². The highest BCUT2D eigenvalue weighted by molar-refractivity contribution is 7.23. The molecule has 4 aromatic rings. The number of hydrogen-bond donors (Lipinski definition) is 1. The second kappa shape index (κ2) is 9.23. The molecule has 0 spiro atoms. The molecule has 0 aliphatic carbocycles. The van der Waals surface area contributed by atoms with Gasteiger partial charge in [0.2, 0.25) is 0 Å². The molecule has 1 aliphatic heterocycles. The summed E-state index contributed by atoms with van der Waals surface area (Å²) in [6.45, 7) is 6.33. The Morgan fingerprint density at radius 3 is 2.67 bits per heavy atom. The Hall–Kier alpha value is -2.77. The number of likely N-dealkylation sites (tertiary alicyclic amines) is 1. The van der Waals surface area contributed by atoms with Gasteiger partial charge in [-0.1, -0.05) is 17.8 Å². The van der Waals surface area contributed by atoms with Gasteiger partial charge in [-0.2, -0.15) is 0 Å². The third-order valence-electron chi connectivity index (χ3n) is 6.75. The molecule has 3 heterocycles. The van der Waals surface area contributed by atoms with Gasteiger partial charge in [-0.15, -0.1) is 0 Å². The highest BCUT2D eigenvalue weighted by Gasteiger charge is 2.23. The number of carbonyl (C=O) groups is 1. The quantitative estimate of drug-likeness (QED) is 0.370. The molecule has 0 radical (unpaired) electrons. The molecule has 33 heavy (non-hydrogen) atoms. The first kappa shape index (κ1) is 22.0. The second-order valence-electron chi connectivity index (χ2n) is 9.05. The standard InChI is InChI=1S/C26H29FN4OS/c1-17-5-3-6-18(2)30(17)14-4-13-28-25(32)20-9-12-23-24(15-20)33-26-29-22(16-31(23)26)19-7-10-21(27)11-8-19/h7-12,15-18H,3-6,13-14H2,1-2H3,(H,28,32)/t17-,18+. The molecule has 1 N–H and O–H groups in total. The summed E-state index contributed by atoms with van der Waals surface area (Å²) in [4.78, 5) is 20.8. The lowest BCUT2D eigenvalue weighted by atomic mass is 9.97. The van der Waals surface area contributed by atoms with E-state index in [9.17, 15) is 9.18 Å². The summed E-state index contributed by atoms with van der Waals surface area (Å²) in [5, 5.41) is 3.08. The first-order chi connectivity index (χ1) is 16.0. The topological polar surface area (TPSA) is 49.6 Å². The van der Waals surface area contributed by atoms with Crippen molar-refractivity contribution in [2.75, 3.05) is 13.1 Å². The van der Waals surface area contributed by atoms with E-state index in [0.717, 1.165) is 39.4 Å². The van der Waals surface area contributed by atoms with E-state index in [1.165, 1.54) is 31.4 Å². The van der Waals surface area contributed by atoms with Gasteiger partial charge in [0.15, 0.2) is 4.96 Å². The van der Waals surface area contributed by atoms with E-state index in [1.54, 1.807) is 23.5 Å². The number of rotatable bonds is 6. The van der Waals surface area contributed by atoms with Crippen molar-refractivity contribution in [1.29, 1.82) is 0 Å². The maximum Gasteiger partial charge on any atom is 0.251 e. The molecule has 1 aliphatic rings. The Kier molecular flexibility index (Phi) is 6.17. The van der Waals surface area contributed by atoms with Crippen molar-refractivity contribution in [2.45, 2.75) is 51.6 Å². The number of piperidine rings is 1. The number of imidazole rings is 1. The summed E-state index contributed by atoms with van der Waals surface area (Å²) in [6.07, 6.45) is 6.78. The van der Waals surface area contributed by atoms with Crippen LogP contribution in [0.25, 0.3) is 26.4 Å². The van der Waals surface area contributed by atoms with Gasteiger partial charge in [-0.3, -0.25) is 14.1 Å². The van der Waals surface area contributed by atoms with Crippen LogP contribution in [0.1, 0.15) is 49.9 Å². The number of nitrogens with zero attached hydrogens (tertiary/aromatic N) is 3. The lowest BCUT2D eigenvalue weighted by Crippen LogP contribution is -2.44. The normalized spacial score (nSPS) is 19.4. The summed E-state index contributed by atoms with van der Waals surface area (Å²) in [6, 6.07) is 13.4. The average Bonchev–Trinajstić information content (AvgIpc) is 3.36. The Labute approximate surface area is 197 Å². The van der Waals surface area contributed by atoms with E-state index >= 15 is 0 Å². The maximum atomic E-state index is 13.2. The van der Waals surface area contributed by atoms with Gasteiger partial charge < -0.3 is 5.32 Å². The van der Waals surface area contributed by atoms with E-state index in [0.29, 0.717) is 24.2 Å². The first-order valence-electron chi connectivity index (χ1n) is 11.7. The van der Waals surface area contributed by atoms with E-state index < -0.39 is 0 Å². The number of thiazole rings is 1. The van der Waals surface area contributed by atoms with E-state index in [4.69, 9.17) is 4.98 Å². The van der Waals surface area contributed by atoms with Crippen molar-refractivity contribution in [1.82, 2.24) is 19.6 Å². The zero-order chi connectivity index (χ0) is 22.9. The van der Waals surface area contributed by atoms with Crippen molar-refractivity contribution >= 4 is 32.4 Å². The smallest absolute Gasteiger partial charge is 0.251 e. The molecule has 1 fully saturated rings. The predicted octanol–water partition coefficient (Wildman–Crippen LogP) is 5.74. The predicted molar refractivity (Wildman–Crippen MR) is 132 cm³/mol. The molecule has 172 valence electrons. The summed E-state index contributed by atoms with van der Waals surface area (Å²) in [5.41, 5.74) is 3.37. The minimum absolute atomic E-state index is 0.0327. The van der Waals surface area contributed by atoms with Gasteiger partial charge in [0, 0.05) is 42.5 Å². The third kappa shape index (κ3) is 4.52. The lowest BCUT2D eigenvalue weighted by molar-refractivity contribution is 0.0925. The molecular weight excluding hydrogens is 435 g/mol. The zero-order valence-corrected chi connectivity index (χ0v) is 19.9. The number of carbonyl (C=O) groups excluding carboxylic acids is 1. The number of halogens is 1. The number of nitrogens with one attached hydrogen (secondary N) is 1. The van der Waals surface area contributed by atoms with Crippen LogP contribution in [0.15, 0.2) is 48.7 Å². The van der Waals surface area contributed by atoms with Crippen LogP contribution in [0, 0.1) is 5.82 Å². The minimum Gasteiger partial charge on any atom is -0.352 e. The number of amides is 1. The molecule has 1 saturated heterocycles. The molecule has 5 rings (SSSR count). The largest absolute Gasteiger partial charge is 0.352 e. The fraction of sp³-hybridized carbons (Fsp3) is 0.385. The number of hydrogen-bond acceptors (Lipinski definition) is 4. The Balaban J connectivity index is 1.24. The van der Waals surface area contributed by atoms with Crippen LogP contribution in [-0.2, 0) is 0 Å². The zero-order valence-electron chi connectivity index (χ0n) is 19.1. The number of aromatic nitrogens is 2. The van der Waals surface area contributed by atoms with E-state index in [2.05, 4.69) is 24.1 Å². The van der Waals surface area contributed by atoms with Gasteiger partial charge in [0.25, 0.3) is 5.91 Å². The molecule has 5 nitrogen and oxygen atoms in total. The van der Waals surface area contributed by atoms with Gasteiger partial charge in [0.05, 0.1) is 15.9 Å². The SMILES string of the molecule is C[C@@H]1CCC[C@H](C)N1CCCNC(=O)c1ccc2c(c1)sc1nc(-c3ccc(F)cc3)cn12. The minimum atomic E-state index is -0.258. The van der Waals surface area contributed by atoms with Gasteiger partial charge in [-0.25, -0.2) is 9.37 Å². The van der Waals surface area contributed by atoms with Crippen molar-refractivity contribution in [3.8, 4) is 11.3 Å². The van der Waals surface area contributed by atoms with Gasteiger partial charge in [0.1, 0.15) is 5.82 Å². The van der Waals surface area contributed by atoms with Crippen LogP contribution in [-0.4, -0.2) is 45.4 Å². The van der Waals surface area contributed by atoms with Crippen molar-refractivity contribution < 1.29 is 9.18 Å². The summed E-state index contributed by atoms with van der Waals surface area (Å²) < 4.78 is 16.3. The van der Waals surface area contributed by atoms with Crippen LogP contribution in [0.4, 0.5) is 4.39 Å². The molecule has 0 bridgehead atoms. The van der Waals surface area contributed by atoms with Crippen LogP contribution >= 0.6 is 11.3 Å². The average molecular weight is 465 g/mol. The van der Waals surface area contributed by atoms with Crippen LogP contribution in [0.2, 0.25) is 0 Å². The molecule has 2 aromatic heterocycles. The fourth-order valence-corrected chi connectivity index (χ4v) is 5.93. The number of benzene rings is 2. The highest BCUT2D eigenvalue weighted by atomic mass is 32.1. The Morgan fingerprint density at radius 1 is 1.15 bits per heavy atom. The second-order valence-corrected chi connectivity index (χ2v) is 10.1. The van der Waals surface area contributed by atoms with Crippen molar-refractivity contribution in [3.63, 3.8) is 0 Å². The fourth-order valence-electron chi connectivity index (χ4n) is 4.88. The van der Waals surface area contributed by atoms with E-state index in [-0.39, 0.29) is 11.7 Å². The Morgan fingerprint density at radius 2 is 1.91 bits per heavy atom. The lowest BCUT2D eigenvalue weighted by Gasteiger charge is -2.39. The van der Waals surface area contributed by atoms with Crippen LogP contribution in [0.5, 0.6) is 0 Å². The summed E-state index contributed by atoms with van der Waals surface area (Å²) >= 11 is 1.55. The molecule has 1 amide bonds. The van der Waals surface area contributed by atoms with Crippen LogP contribution < -0.4 is 5.32 Å². The highest BCUT2D eigenvalue weighted by Crippen LogP contribution is 2.30. The summed E-state index contributed by atoms with van der Waals surface area (Å²) in [7, 11) is 0. The maximum absolute atomic E-state index is 13.2. The molecule has 0 saturated carbocycles. The van der Waals surface area contributed by atoms with Gasteiger partial charge in [-0.05, 0) is 75.6 Å². The Bertz CT molecular complexity index is 1270.